The van der Waals surface area contributed by atoms with E-state index in [1.807, 2.05) is 105 Å². The van der Waals surface area contributed by atoms with Crippen LogP contribution in [-0.4, -0.2) is 146 Å². The smallest absolute Gasteiger partial charge is 0.424 e. The second kappa shape index (κ2) is 31.1. The molecule has 0 unspecified atom stereocenters. The van der Waals surface area contributed by atoms with Crippen molar-refractivity contribution in [3.63, 3.8) is 0 Å². The zero-order valence-corrected chi connectivity index (χ0v) is 56.9. The van der Waals surface area contributed by atoms with Gasteiger partial charge >= 0.3 is 6.16 Å². The van der Waals surface area contributed by atoms with Crippen molar-refractivity contribution < 1.29 is 74.5 Å². The minimum Gasteiger partial charge on any atom is -0.424 e. The summed E-state index contributed by atoms with van der Waals surface area (Å²) >= 11 is 1.37. The Balaban J connectivity index is 1.25. The monoisotopic (exact) mass is 1280 g/mol. The number of sulfonamides is 1. The molecule has 87 heavy (non-hydrogen) atoms. The third-order valence-electron chi connectivity index (χ3n) is 18.0. The molecule has 17 nitrogen and oxygen atoms in total. The molecular formula is C66H97NO16S2Si2. The Morgan fingerprint density at radius 3 is 1.41 bits per heavy atom. The minimum absolute atomic E-state index is 0.00276. The maximum atomic E-state index is 14.7. The predicted molar refractivity (Wildman–Crippen MR) is 340 cm³/mol. The van der Waals surface area contributed by atoms with Gasteiger partial charge in [0.2, 0.25) is 10.0 Å². The summed E-state index contributed by atoms with van der Waals surface area (Å²) in [6, 6.07) is 36.2. The Kier molecular flexibility index (Phi) is 24.8. The van der Waals surface area contributed by atoms with Crippen LogP contribution in [0, 0.1) is 0 Å². The van der Waals surface area contributed by atoms with Crippen LogP contribution in [0.25, 0.3) is 0 Å². The van der Waals surface area contributed by atoms with E-state index >= 15 is 0 Å². The zero-order valence-electron chi connectivity index (χ0n) is 53.3. The second-order valence-corrected chi connectivity index (χ2v) is 39.4. The van der Waals surface area contributed by atoms with E-state index in [2.05, 4.69) is 87.8 Å². The van der Waals surface area contributed by atoms with Crippen molar-refractivity contribution in [1.29, 1.82) is 0 Å². The van der Waals surface area contributed by atoms with Crippen molar-refractivity contribution in [3.8, 4) is 0 Å². The van der Waals surface area contributed by atoms with Crippen LogP contribution in [0.15, 0.2) is 126 Å². The molecule has 0 bridgehead atoms. The molecule has 4 aromatic rings. The number of hydrogen-bond acceptors (Lipinski definition) is 17. The molecule has 8 rings (SSSR count). The summed E-state index contributed by atoms with van der Waals surface area (Å²) in [5.74, 6) is 0.508. The van der Waals surface area contributed by atoms with E-state index in [9.17, 15) is 18.3 Å². The van der Waals surface area contributed by atoms with Crippen LogP contribution in [0.1, 0.15) is 114 Å². The first-order valence-electron chi connectivity index (χ1n) is 31.3. The zero-order chi connectivity index (χ0) is 62.8. The fourth-order valence-corrected chi connectivity index (χ4v) is 27.3. The third-order valence-corrected chi connectivity index (χ3v) is 32.7. The van der Waals surface area contributed by atoms with Crippen molar-refractivity contribution in [3.05, 3.63) is 138 Å². The minimum atomic E-state index is -4.31. The highest BCUT2D eigenvalue weighted by molar-refractivity contribution is 7.99. The first-order chi connectivity index (χ1) is 41.5. The number of ether oxygens (including phenoxy) is 10. The van der Waals surface area contributed by atoms with Gasteiger partial charge in [0.15, 0.2) is 47.5 Å². The summed E-state index contributed by atoms with van der Waals surface area (Å²) in [5, 5.41) is 13.1. The van der Waals surface area contributed by atoms with Crippen molar-refractivity contribution >= 4 is 44.6 Å². The molecule has 4 aromatic carbocycles. The first kappa shape index (κ1) is 69.3. The Labute approximate surface area is 524 Å². The van der Waals surface area contributed by atoms with Gasteiger partial charge in [0.05, 0.1) is 50.1 Å². The van der Waals surface area contributed by atoms with Gasteiger partial charge in [-0.1, -0.05) is 199 Å². The molecule has 0 amide bonds. The molecule has 0 aliphatic carbocycles. The van der Waals surface area contributed by atoms with Crippen LogP contribution in [0.3, 0.4) is 0 Å². The van der Waals surface area contributed by atoms with Crippen molar-refractivity contribution in [2.24, 2.45) is 0 Å². The number of carbonyl (C=O) groups excluding carboxylic acids is 1. The van der Waals surface area contributed by atoms with E-state index in [0.29, 0.717) is 5.75 Å². The van der Waals surface area contributed by atoms with Gasteiger partial charge in [0.1, 0.15) is 48.2 Å². The van der Waals surface area contributed by atoms with Gasteiger partial charge in [0, 0.05) is 0 Å². The van der Waals surface area contributed by atoms with Crippen LogP contribution in [0.5, 0.6) is 0 Å². The number of fused-ring (bicyclic) bond motifs is 1. The second-order valence-electron chi connectivity index (χ2n) is 25.4. The highest BCUT2D eigenvalue weighted by Gasteiger charge is 2.61. The summed E-state index contributed by atoms with van der Waals surface area (Å²) in [6.07, 6.45) is -15.7. The molecule has 4 aliphatic heterocycles. The molecule has 21 heteroatoms. The fraction of sp³-hybridized carbons (Fsp3) is 0.621. The third kappa shape index (κ3) is 16.2. The molecular weight excluding hydrogens is 1180 g/mol. The van der Waals surface area contributed by atoms with Gasteiger partial charge < -0.3 is 61.3 Å². The number of rotatable bonds is 30. The van der Waals surface area contributed by atoms with Crippen molar-refractivity contribution in [2.75, 3.05) is 19.0 Å². The van der Waals surface area contributed by atoms with Crippen LogP contribution < -0.4 is 4.72 Å². The maximum absolute atomic E-state index is 14.7. The lowest BCUT2D eigenvalue weighted by Crippen LogP contribution is -2.68. The number of carbonyl (C=O) groups is 1. The first-order valence-corrected chi connectivity index (χ1v) is 38.1. The number of thioether (sulfide) groups is 1. The number of nitrogens with one attached hydrogen (secondary N) is 1. The van der Waals surface area contributed by atoms with Crippen LogP contribution >= 0.6 is 11.8 Å². The molecule has 2 N–H and O–H groups in total. The van der Waals surface area contributed by atoms with E-state index in [-0.39, 0.29) is 71.2 Å². The molecule has 4 fully saturated rings. The van der Waals surface area contributed by atoms with Gasteiger partial charge in [-0.3, -0.25) is 0 Å². The fourth-order valence-electron chi connectivity index (χ4n) is 14.0. The van der Waals surface area contributed by atoms with Gasteiger partial charge in [-0.15, -0.1) is 11.8 Å². The van der Waals surface area contributed by atoms with Crippen LogP contribution in [-0.2, 0) is 86.1 Å². The molecule has 0 aromatic heterocycles. The topological polar surface area (TPSA) is 194 Å². The average molecular weight is 1280 g/mol. The highest BCUT2D eigenvalue weighted by Crippen LogP contribution is 2.46. The number of hydrogen-bond donors (Lipinski definition) is 2. The largest absolute Gasteiger partial charge is 0.509 e. The molecule has 4 saturated heterocycles. The number of benzene rings is 4. The lowest BCUT2D eigenvalue weighted by molar-refractivity contribution is -0.375. The van der Waals surface area contributed by atoms with E-state index in [1.165, 1.54) is 23.9 Å². The average Bonchev–Trinajstić information content (AvgIpc) is 1.84. The standard InChI is InChI=1S/C66H97NO16S2Si2/c1-15-84-65-54(67-85(70,71)51-34-26-19-27-35-51)58(55(68)52(79-65)39-75-86(41(2)3,42(4)5)43(6)7)80-64-62(60-57(82-66(69)83-60)53(78-64)40-76-87(44(8)9,45(10)11)46(12)13)81-63-61(74-38-50-32-24-18-25-33-50)59(73-37-49-30-22-17-23-31-49)56(47(14)77-63)72-36-48-28-20-16-21-29-48/h16-35,41-47,52-65,67-68H,15,36-40H2,1-14H3/t47-,52+,53+,54+,55-,56+,57-,58+,59+,60-,61-,62+,63-,64-,65-/m0/s1. The SMILES string of the molecule is CCS[C@@H]1O[C@H](CO[Si](C(C)C)(C(C)C)C(C)C)[C@H](O)[C@H](O[C@@H]2O[C@H](CO[Si](C(C)C)(C(C)C)C(C)C)[C@@H]3OC(=O)O[C@@H]3[C@H]2O[C@@H]2O[C@@H](C)[C@@H](OCc3ccccc3)[C@@H](OCc3ccccc3)[C@@H]2OCc2ccccc2)[C@H]1NS(=O)(=O)c1ccccc1. The van der Waals surface area contributed by atoms with Gasteiger partial charge in [-0.05, 0) is 74.7 Å². The summed E-state index contributed by atoms with van der Waals surface area (Å²) in [7, 11) is -9.51. The molecule has 0 spiro atoms. The van der Waals surface area contributed by atoms with Gasteiger partial charge in [0.25, 0.3) is 0 Å². The lowest BCUT2D eigenvalue weighted by atomic mass is 9.95. The molecule has 0 radical (unpaired) electrons. The van der Waals surface area contributed by atoms with Crippen molar-refractivity contribution in [1.82, 2.24) is 4.72 Å². The van der Waals surface area contributed by atoms with Crippen molar-refractivity contribution in [2.45, 2.75) is 246 Å². The molecule has 482 valence electrons. The van der Waals surface area contributed by atoms with E-state index in [0.717, 1.165) is 16.7 Å². The summed E-state index contributed by atoms with van der Waals surface area (Å²) in [5.41, 5.74) is 2.98. The molecule has 4 heterocycles. The highest BCUT2D eigenvalue weighted by atomic mass is 32.2. The Morgan fingerprint density at radius 1 is 0.529 bits per heavy atom. The Morgan fingerprint density at radius 2 is 0.943 bits per heavy atom. The molecule has 0 saturated carbocycles. The van der Waals surface area contributed by atoms with E-state index in [1.54, 1.807) is 18.2 Å². The Bertz CT molecular complexity index is 2780. The number of aliphatic hydroxyl groups excluding tert-OH is 1. The van der Waals surface area contributed by atoms with Crippen LogP contribution in [0.4, 0.5) is 4.79 Å². The Hall–Kier alpha value is -3.60. The number of aliphatic hydroxyl groups is 1. The molecule has 15 atom stereocenters. The van der Waals surface area contributed by atoms with E-state index in [4.69, 9.17) is 56.2 Å². The maximum Gasteiger partial charge on any atom is 0.509 e. The summed E-state index contributed by atoms with van der Waals surface area (Å²) < 4.78 is 116. The van der Waals surface area contributed by atoms with Gasteiger partial charge in [-0.2, -0.15) is 0 Å². The quantitative estimate of drug-likeness (QED) is 0.0369. The van der Waals surface area contributed by atoms with Gasteiger partial charge in [-0.25, -0.2) is 17.9 Å². The van der Waals surface area contributed by atoms with E-state index < -0.39 is 124 Å². The summed E-state index contributed by atoms with van der Waals surface area (Å²) in [6.45, 7) is 30.6. The molecule has 4 aliphatic rings. The summed E-state index contributed by atoms with van der Waals surface area (Å²) in [4.78, 5) is 13.9. The van der Waals surface area contributed by atoms with Crippen LogP contribution in [0.2, 0.25) is 33.2 Å². The lowest BCUT2D eigenvalue weighted by Gasteiger charge is -2.51. The predicted octanol–water partition coefficient (Wildman–Crippen LogP) is 12.5. The normalized spacial score (nSPS) is 29.1.